The number of fused-ring (bicyclic) bond motifs is 10. The molecule has 0 spiro atoms. The lowest BCUT2D eigenvalue weighted by atomic mass is 9.33. The van der Waals surface area contributed by atoms with Crippen molar-refractivity contribution in [1.29, 1.82) is 0 Å². The molecule has 8 aromatic carbocycles. The van der Waals surface area contributed by atoms with Gasteiger partial charge in [-0.3, -0.25) is 0 Å². The quantitative estimate of drug-likeness (QED) is 0.163. The van der Waals surface area contributed by atoms with Gasteiger partial charge in [0.05, 0.1) is 11.2 Å². The Morgan fingerprint density at radius 2 is 0.964 bits per heavy atom. The van der Waals surface area contributed by atoms with Gasteiger partial charge in [-0.05, 0) is 199 Å². The van der Waals surface area contributed by atoms with Gasteiger partial charge in [0.15, 0.2) is 0 Å². The van der Waals surface area contributed by atoms with E-state index in [0.29, 0.717) is 0 Å². The van der Waals surface area contributed by atoms with E-state index in [9.17, 15) is 0 Å². The largest absolute Gasteiger partial charge is 0.334 e. The number of benzene rings is 8. The van der Waals surface area contributed by atoms with Crippen molar-refractivity contribution in [1.82, 2.24) is 0 Å². The summed E-state index contributed by atoms with van der Waals surface area (Å²) in [6.07, 6.45) is 5.93. The van der Waals surface area contributed by atoms with Gasteiger partial charge < -0.3 is 14.7 Å². The molecule has 422 valence electrons. The maximum absolute atomic E-state index is 2.82. The fourth-order valence-corrected chi connectivity index (χ4v) is 17.7. The minimum Gasteiger partial charge on any atom is -0.334 e. The van der Waals surface area contributed by atoms with E-state index < -0.39 is 0 Å². The van der Waals surface area contributed by atoms with Crippen LogP contribution < -0.4 is 31.1 Å². The second kappa shape index (κ2) is 17.4. The van der Waals surface area contributed by atoms with Crippen molar-refractivity contribution < 1.29 is 0 Å². The summed E-state index contributed by atoms with van der Waals surface area (Å²) >= 11 is 0. The van der Waals surface area contributed by atoms with Crippen molar-refractivity contribution in [2.24, 2.45) is 0 Å². The normalized spacial score (nSPS) is 21.8. The van der Waals surface area contributed by atoms with Gasteiger partial charge in [-0.25, -0.2) is 0 Å². The smallest absolute Gasteiger partial charge is 0.252 e. The van der Waals surface area contributed by atoms with Crippen LogP contribution in [0, 0.1) is 13.8 Å². The first-order chi connectivity index (χ1) is 39.0. The molecule has 2 unspecified atom stereocenters. The number of hydrogen-bond donors (Lipinski definition) is 0. The lowest BCUT2D eigenvalue weighted by Crippen LogP contribution is -2.61. The number of hydrogen-bond acceptors (Lipinski definition) is 3. The first-order valence-corrected chi connectivity index (χ1v) is 31.5. The van der Waals surface area contributed by atoms with Crippen LogP contribution in [0.15, 0.2) is 146 Å². The van der Waals surface area contributed by atoms with Crippen molar-refractivity contribution in [2.75, 3.05) is 14.7 Å². The van der Waals surface area contributed by atoms with Crippen LogP contribution in [0.25, 0.3) is 11.1 Å². The highest BCUT2D eigenvalue weighted by molar-refractivity contribution is 7.00. The second-order valence-corrected chi connectivity index (χ2v) is 31.4. The molecule has 6 aliphatic rings. The molecule has 1 saturated carbocycles. The number of rotatable bonds is 4. The SMILES string of the molecule is Cc1cc2c3c(c1)N(c1ccc(C(C)(C)C)cc1-c1ccccc1)c1cc(N4c5ccc(C(C)(C)C)cc5C5(C)CCCCC45C)ccc1B3c1cc3c(cc1N2c1cc2c(cc1C)C(C)(C)c1ccccc1C2(C)C)C(C)(C)CC3(C)C. The molecule has 0 aromatic heterocycles. The van der Waals surface area contributed by atoms with Crippen molar-refractivity contribution >= 4 is 68.6 Å². The molecule has 0 N–H and O–H groups in total. The van der Waals surface area contributed by atoms with E-state index in [1.54, 1.807) is 0 Å². The van der Waals surface area contributed by atoms with Gasteiger partial charge in [0.1, 0.15) is 0 Å². The van der Waals surface area contributed by atoms with E-state index in [-0.39, 0.29) is 50.2 Å². The first kappa shape index (κ1) is 54.2. The molecule has 8 aromatic rings. The minimum absolute atomic E-state index is 0.00464. The molecule has 3 heterocycles. The van der Waals surface area contributed by atoms with E-state index in [4.69, 9.17) is 0 Å². The topological polar surface area (TPSA) is 9.72 Å². The lowest BCUT2D eigenvalue weighted by Gasteiger charge is -2.51. The Labute approximate surface area is 498 Å². The molecule has 2 atom stereocenters. The Bertz CT molecular complexity index is 4060. The molecule has 0 radical (unpaired) electrons. The molecule has 4 heteroatoms. The molecule has 14 rings (SSSR count). The van der Waals surface area contributed by atoms with Gasteiger partial charge in [-0.2, -0.15) is 0 Å². The molecular formula is C79H88BN3. The standard InChI is InChI=1S/C79H88BN3/c1-48-38-69-71-70(39-48)82(66-46-60-59(40-49(66)2)76(13,14)55-28-22-23-29-56(55)77(60,15)16)68-45-58-57(74(9,10)47-75(58,11)12)44-63(68)80(71)62-33-32-53(83-65-35-31-52(73(6,7)8)42-61(65)78(17)36-24-25-37-79(78,83)18)43-67(62)81(69)64-34-30-51(72(3,4)5)41-54(64)50-26-20-19-21-27-50/h19-23,26-35,38-46H,24-25,36-37,47H2,1-18H3. The van der Waals surface area contributed by atoms with Crippen molar-refractivity contribution in [3.63, 3.8) is 0 Å². The van der Waals surface area contributed by atoms with Crippen LogP contribution in [-0.2, 0) is 37.9 Å². The Kier molecular flexibility index (Phi) is 11.4. The average Bonchev–Trinajstić information content (AvgIpc) is 2.60. The van der Waals surface area contributed by atoms with Crippen LogP contribution >= 0.6 is 0 Å². The summed E-state index contributed by atoms with van der Waals surface area (Å²) in [5.74, 6) is 0. The third-order valence-electron chi connectivity index (χ3n) is 22.3. The van der Waals surface area contributed by atoms with Crippen molar-refractivity contribution in [3.8, 4) is 11.1 Å². The van der Waals surface area contributed by atoms with E-state index in [0.717, 1.165) is 12.8 Å². The van der Waals surface area contributed by atoms with Crippen LogP contribution in [0.5, 0.6) is 0 Å². The summed E-state index contributed by atoms with van der Waals surface area (Å²) in [5, 5.41) is 0. The molecule has 3 nitrogen and oxygen atoms in total. The fraction of sp³-hybridized carbons (Fsp3) is 0.392. The van der Waals surface area contributed by atoms with Crippen molar-refractivity contribution in [3.05, 3.63) is 207 Å². The van der Waals surface area contributed by atoms with E-state index in [2.05, 4.69) is 285 Å². The Morgan fingerprint density at radius 3 is 1.60 bits per heavy atom. The van der Waals surface area contributed by atoms with E-state index in [1.807, 2.05) is 0 Å². The predicted molar refractivity (Wildman–Crippen MR) is 357 cm³/mol. The molecule has 0 amide bonds. The Balaban J connectivity index is 1.09. The van der Waals surface area contributed by atoms with Crippen molar-refractivity contribution in [2.45, 2.75) is 200 Å². The molecule has 3 aliphatic carbocycles. The monoisotopic (exact) mass is 1090 g/mol. The zero-order chi connectivity index (χ0) is 58.7. The third-order valence-corrected chi connectivity index (χ3v) is 22.3. The van der Waals surface area contributed by atoms with Gasteiger partial charge in [0, 0.05) is 61.6 Å². The third kappa shape index (κ3) is 7.54. The molecule has 0 bridgehead atoms. The van der Waals surface area contributed by atoms with Crippen LogP contribution in [0.2, 0.25) is 0 Å². The van der Waals surface area contributed by atoms with E-state index >= 15 is 0 Å². The zero-order valence-electron chi connectivity index (χ0n) is 53.3. The Morgan fingerprint density at radius 1 is 0.422 bits per heavy atom. The van der Waals surface area contributed by atoms with Gasteiger partial charge in [-0.1, -0.05) is 208 Å². The molecule has 1 fully saturated rings. The Hall–Kier alpha value is -6.78. The van der Waals surface area contributed by atoms with Crippen LogP contribution in [-0.4, -0.2) is 12.3 Å². The summed E-state index contributed by atoms with van der Waals surface area (Å²) in [6, 6.07) is 58.8. The molecule has 0 saturated heterocycles. The van der Waals surface area contributed by atoms with Crippen LogP contribution in [0.1, 0.15) is 204 Å². The number of aryl methyl sites for hydroxylation is 2. The molecular weight excluding hydrogens is 1000 g/mol. The van der Waals surface area contributed by atoms with Gasteiger partial charge in [0.2, 0.25) is 0 Å². The summed E-state index contributed by atoms with van der Waals surface area (Å²) < 4.78 is 0. The summed E-state index contributed by atoms with van der Waals surface area (Å²) in [7, 11) is 0. The maximum atomic E-state index is 2.82. The van der Waals surface area contributed by atoms with Crippen LogP contribution in [0.3, 0.4) is 0 Å². The minimum atomic E-state index is -0.210. The molecule has 83 heavy (non-hydrogen) atoms. The highest BCUT2D eigenvalue weighted by Gasteiger charge is 2.58. The zero-order valence-corrected chi connectivity index (χ0v) is 53.3. The predicted octanol–water partition coefficient (Wildman–Crippen LogP) is 19.3. The molecule has 3 aliphatic heterocycles. The van der Waals surface area contributed by atoms with Gasteiger partial charge >= 0.3 is 0 Å². The average molecular weight is 1090 g/mol. The van der Waals surface area contributed by atoms with Gasteiger partial charge in [-0.15, -0.1) is 0 Å². The summed E-state index contributed by atoms with van der Waals surface area (Å²) in [4.78, 5) is 8.29. The van der Waals surface area contributed by atoms with Crippen LogP contribution in [0.4, 0.5) is 45.5 Å². The summed E-state index contributed by atoms with van der Waals surface area (Å²) in [6.45, 7) is 43.9. The van der Waals surface area contributed by atoms with E-state index in [1.165, 1.54) is 153 Å². The number of anilines is 8. The second-order valence-electron chi connectivity index (χ2n) is 31.4. The maximum Gasteiger partial charge on any atom is 0.252 e. The van der Waals surface area contributed by atoms with Gasteiger partial charge in [0.25, 0.3) is 6.71 Å². The fourth-order valence-electron chi connectivity index (χ4n) is 17.7. The lowest BCUT2D eigenvalue weighted by molar-refractivity contribution is 0.195. The first-order valence-electron chi connectivity index (χ1n) is 31.5. The highest BCUT2D eigenvalue weighted by atomic mass is 15.3. The number of nitrogens with zero attached hydrogens (tertiary/aromatic N) is 3. The highest BCUT2D eigenvalue weighted by Crippen LogP contribution is 2.63. The summed E-state index contributed by atoms with van der Waals surface area (Å²) in [5.41, 5.74) is 31.9.